The highest BCUT2D eigenvalue weighted by Gasteiger charge is 2.28. The SMILES string of the molecule is O=C(OCc1ccc(F)cc1Cl)c1ccc(CN2C(=O)CNC2=O)cc1. The molecule has 3 rings (SSSR count). The van der Waals surface area contributed by atoms with Gasteiger partial charge in [-0.1, -0.05) is 29.8 Å². The maximum Gasteiger partial charge on any atom is 0.338 e. The number of benzene rings is 2. The summed E-state index contributed by atoms with van der Waals surface area (Å²) in [6.45, 7) is 0.0442. The van der Waals surface area contributed by atoms with Gasteiger partial charge in [-0.2, -0.15) is 0 Å². The Bertz CT molecular complexity index is 854. The first-order valence-electron chi connectivity index (χ1n) is 7.72. The number of nitrogens with one attached hydrogen (secondary N) is 1. The fraction of sp³-hybridized carbons (Fsp3) is 0.167. The molecule has 0 aliphatic carbocycles. The van der Waals surface area contributed by atoms with Crippen LogP contribution in [0, 0.1) is 5.82 Å². The molecule has 0 atom stereocenters. The number of amides is 3. The normalized spacial score (nSPS) is 13.7. The maximum atomic E-state index is 13.0. The number of carbonyl (C=O) groups excluding carboxylic acids is 3. The third kappa shape index (κ3) is 4.00. The van der Waals surface area contributed by atoms with Gasteiger partial charge in [0.25, 0.3) is 0 Å². The molecule has 1 heterocycles. The van der Waals surface area contributed by atoms with E-state index in [4.69, 9.17) is 16.3 Å². The molecule has 3 amide bonds. The van der Waals surface area contributed by atoms with Gasteiger partial charge in [-0.05, 0) is 29.8 Å². The third-order valence-corrected chi connectivity index (χ3v) is 4.19. The van der Waals surface area contributed by atoms with E-state index in [1.165, 1.54) is 12.1 Å². The van der Waals surface area contributed by atoms with Crippen LogP contribution in [0.1, 0.15) is 21.5 Å². The van der Waals surface area contributed by atoms with Crippen molar-refractivity contribution in [2.45, 2.75) is 13.2 Å². The maximum absolute atomic E-state index is 13.0. The molecule has 6 nitrogen and oxygen atoms in total. The van der Waals surface area contributed by atoms with E-state index < -0.39 is 17.8 Å². The molecule has 0 unspecified atom stereocenters. The molecule has 0 aromatic heterocycles. The minimum atomic E-state index is -0.563. The molecule has 1 N–H and O–H groups in total. The van der Waals surface area contributed by atoms with Gasteiger partial charge in [0.15, 0.2) is 0 Å². The molecule has 1 aliphatic heterocycles. The highest BCUT2D eigenvalue weighted by Crippen LogP contribution is 2.19. The number of nitrogens with zero attached hydrogens (tertiary/aromatic N) is 1. The second-order valence-electron chi connectivity index (χ2n) is 5.65. The van der Waals surface area contributed by atoms with Crippen LogP contribution in [0.5, 0.6) is 0 Å². The minimum absolute atomic E-state index is 0.00477. The molecule has 2 aromatic rings. The van der Waals surface area contributed by atoms with Gasteiger partial charge in [-0.25, -0.2) is 14.0 Å². The van der Waals surface area contributed by atoms with E-state index in [-0.39, 0.29) is 30.6 Å². The van der Waals surface area contributed by atoms with Crippen molar-refractivity contribution in [2.75, 3.05) is 6.54 Å². The Morgan fingerprint density at radius 1 is 1.19 bits per heavy atom. The van der Waals surface area contributed by atoms with E-state index in [1.807, 2.05) is 0 Å². The van der Waals surface area contributed by atoms with Crippen molar-refractivity contribution in [3.8, 4) is 0 Å². The Kier molecular flexibility index (Phi) is 5.18. The van der Waals surface area contributed by atoms with Crippen LogP contribution in [0.15, 0.2) is 42.5 Å². The van der Waals surface area contributed by atoms with Crippen molar-refractivity contribution in [2.24, 2.45) is 0 Å². The number of carbonyl (C=O) groups is 3. The zero-order valence-electron chi connectivity index (χ0n) is 13.5. The summed E-state index contributed by atoms with van der Waals surface area (Å²) in [6, 6.07) is 9.77. The van der Waals surface area contributed by atoms with E-state index in [9.17, 15) is 18.8 Å². The fourth-order valence-corrected chi connectivity index (χ4v) is 2.63. The Morgan fingerprint density at radius 3 is 2.54 bits per heavy atom. The summed E-state index contributed by atoms with van der Waals surface area (Å²) in [6.07, 6.45) is 0. The smallest absolute Gasteiger partial charge is 0.338 e. The molecule has 1 aliphatic rings. The highest BCUT2D eigenvalue weighted by atomic mass is 35.5. The van der Waals surface area contributed by atoms with Gasteiger partial charge >= 0.3 is 12.0 Å². The molecule has 26 heavy (non-hydrogen) atoms. The number of rotatable bonds is 5. The average Bonchev–Trinajstić information content (AvgIpc) is 2.93. The predicted molar refractivity (Wildman–Crippen MR) is 90.9 cm³/mol. The quantitative estimate of drug-likeness (QED) is 0.643. The van der Waals surface area contributed by atoms with Gasteiger partial charge in [-0.3, -0.25) is 9.69 Å². The second kappa shape index (κ2) is 7.53. The van der Waals surface area contributed by atoms with Crippen molar-refractivity contribution in [1.29, 1.82) is 0 Å². The van der Waals surface area contributed by atoms with Crippen molar-refractivity contribution in [3.05, 3.63) is 70.0 Å². The molecule has 1 saturated heterocycles. The first-order valence-corrected chi connectivity index (χ1v) is 8.10. The standard InChI is InChI=1S/C18H14ClFN2O4/c19-15-7-14(20)6-5-13(15)10-26-17(24)12-3-1-11(2-4-12)9-22-16(23)8-21-18(22)25/h1-7H,8-10H2,(H,21,25). The Hall–Kier alpha value is -2.93. The lowest BCUT2D eigenvalue weighted by Crippen LogP contribution is -2.30. The van der Waals surface area contributed by atoms with Crippen LogP contribution in [0.3, 0.4) is 0 Å². The van der Waals surface area contributed by atoms with Gasteiger partial charge in [0, 0.05) is 5.56 Å². The Labute approximate surface area is 153 Å². The van der Waals surface area contributed by atoms with Crippen LogP contribution in [0.2, 0.25) is 5.02 Å². The monoisotopic (exact) mass is 376 g/mol. The van der Waals surface area contributed by atoms with Gasteiger partial charge in [0.2, 0.25) is 5.91 Å². The zero-order valence-corrected chi connectivity index (χ0v) is 14.3. The van der Waals surface area contributed by atoms with E-state index in [1.54, 1.807) is 24.3 Å². The molecule has 0 saturated carbocycles. The summed E-state index contributed by atoms with van der Waals surface area (Å²) in [5, 5.41) is 2.62. The number of esters is 1. The summed E-state index contributed by atoms with van der Waals surface area (Å²) in [4.78, 5) is 36.3. The summed E-state index contributed by atoms with van der Waals surface area (Å²) in [7, 11) is 0. The lowest BCUT2D eigenvalue weighted by Gasteiger charge is -2.12. The van der Waals surface area contributed by atoms with Crippen molar-refractivity contribution < 1.29 is 23.5 Å². The first kappa shape index (κ1) is 17.9. The summed E-state index contributed by atoms with van der Waals surface area (Å²) in [5.41, 5.74) is 1.51. The highest BCUT2D eigenvalue weighted by molar-refractivity contribution is 6.31. The van der Waals surface area contributed by atoms with Crippen LogP contribution < -0.4 is 5.32 Å². The molecular weight excluding hydrogens is 363 g/mol. The number of hydrogen-bond acceptors (Lipinski definition) is 4. The van der Waals surface area contributed by atoms with Crippen LogP contribution in [0.4, 0.5) is 9.18 Å². The average molecular weight is 377 g/mol. The second-order valence-corrected chi connectivity index (χ2v) is 6.05. The van der Waals surface area contributed by atoms with E-state index in [0.717, 1.165) is 11.0 Å². The van der Waals surface area contributed by atoms with Gasteiger partial charge in [-0.15, -0.1) is 0 Å². The number of ether oxygens (including phenoxy) is 1. The van der Waals surface area contributed by atoms with Crippen LogP contribution in [-0.4, -0.2) is 29.4 Å². The van der Waals surface area contributed by atoms with Crippen LogP contribution in [-0.2, 0) is 22.7 Å². The first-order chi connectivity index (χ1) is 12.4. The number of urea groups is 1. The van der Waals surface area contributed by atoms with Gasteiger partial charge in [0.1, 0.15) is 12.4 Å². The summed E-state index contributed by atoms with van der Waals surface area (Å²) >= 11 is 5.89. The number of imide groups is 1. The lowest BCUT2D eigenvalue weighted by atomic mass is 10.1. The lowest BCUT2D eigenvalue weighted by molar-refractivity contribution is -0.125. The van der Waals surface area contributed by atoms with E-state index >= 15 is 0 Å². The van der Waals surface area contributed by atoms with E-state index in [0.29, 0.717) is 16.7 Å². The van der Waals surface area contributed by atoms with Crippen molar-refractivity contribution >= 4 is 29.5 Å². The topological polar surface area (TPSA) is 75.7 Å². The van der Waals surface area contributed by atoms with Crippen molar-refractivity contribution in [1.82, 2.24) is 10.2 Å². The van der Waals surface area contributed by atoms with Crippen LogP contribution in [0.25, 0.3) is 0 Å². The van der Waals surface area contributed by atoms with Crippen molar-refractivity contribution in [3.63, 3.8) is 0 Å². The summed E-state index contributed by atoms with van der Waals surface area (Å²) in [5.74, 6) is -1.33. The number of halogens is 2. The zero-order chi connectivity index (χ0) is 18.7. The molecule has 8 heteroatoms. The largest absolute Gasteiger partial charge is 0.457 e. The minimum Gasteiger partial charge on any atom is -0.457 e. The molecule has 0 spiro atoms. The molecular formula is C18H14ClFN2O4. The van der Waals surface area contributed by atoms with E-state index in [2.05, 4.69) is 5.32 Å². The van der Waals surface area contributed by atoms with Gasteiger partial charge in [0.05, 0.1) is 23.7 Å². The molecule has 1 fully saturated rings. The third-order valence-electron chi connectivity index (χ3n) is 3.84. The summed E-state index contributed by atoms with van der Waals surface area (Å²) < 4.78 is 18.2. The molecule has 134 valence electrons. The Morgan fingerprint density at radius 2 is 1.92 bits per heavy atom. The van der Waals surface area contributed by atoms with Gasteiger partial charge < -0.3 is 10.1 Å². The van der Waals surface area contributed by atoms with Crippen LogP contribution >= 0.6 is 11.6 Å². The number of hydrogen-bond donors (Lipinski definition) is 1. The molecule has 2 aromatic carbocycles. The predicted octanol–water partition coefficient (Wildman–Crippen LogP) is 2.89. The fourth-order valence-electron chi connectivity index (χ4n) is 2.41. The molecule has 0 bridgehead atoms. The molecule has 0 radical (unpaired) electrons. The Balaban J connectivity index is 1.60.